The number of halogens is 1. The van der Waals surface area contributed by atoms with Gasteiger partial charge in [-0.3, -0.25) is 16.0 Å². The highest BCUT2D eigenvalue weighted by Crippen LogP contribution is 2.29. The number of thiophene rings is 1. The van der Waals surface area contributed by atoms with Crippen molar-refractivity contribution in [3.8, 4) is 0 Å². The van der Waals surface area contributed by atoms with Crippen molar-refractivity contribution < 1.29 is 0 Å². The molecule has 0 aromatic carbocycles. The number of hydrazine groups is 1. The SMILES string of the molecule is NNC(Cc1ccn(C2CCCCC2)n1)c1cc(Br)cs1. The lowest BCUT2D eigenvalue weighted by Gasteiger charge is -2.21. The molecule has 1 saturated carbocycles. The maximum absolute atomic E-state index is 5.72. The minimum absolute atomic E-state index is 0.121. The second kappa shape index (κ2) is 7.05. The first-order valence-electron chi connectivity index (χ1n) is 7.50. The third-order valence-corrected chi connectivity index (χ3v) is 5.97. The van der Waals surface area contributed by atoms with E-state index in [2.05, 4.69) is 49.7 Å². The Morgan fingerprint density at radius 3 is 2.90 bits per heavy atom. The normalized spacial score (nSPS) is 18.0. The van der Waals surface area contributed by atoms with Gasteiger partial charge in [0.2, 0.25) is 0 Å². The predicted octanol–water partition coefficient (Wildman–Crippen LogP) is 3.96. The monoisotopic (exact) mass is 368 g/mol. The van der Waals surface area contributed by atoms with Crippen LogP contribution in [0.4, 0.5) is 0 Å². The fourth-order valence-corrected chi connectivity index (χ4v) is 4.50. The molecule has 0 aliphatic heterocycles. The summed E-state index contributed by atoms with van der Waals surface area (Å²) in [5.41, 5.74) is 4.01. The van der Waals surface area contributed by atoms with E-state index in [1.807, 2.05) is 0 Å². The van der Waals surface area contributed by atoms with E-state index in [9.17, 15) is 0 Å². The molecule has 4 nitrogen and oxygen atoms in total. The van der Waals surface area contributed by atoms with Crippen molar-refractivity contribution in [3.05, 3.63) is 38.8 Å². The van der Waals surface area contributed by atoms with Crippen molar-refractivity contribution >= 4 is 27.3 Å². The van der Waals surface area contributed by atoms with Crippen LogP contribution in [0.2, 0.25) is 0 Å². The summed E-state index contributed by atoms with van der Waals surface area (Å²) in [7, 11) is 0. The molecule has 1 aliphatic rings. The molecule has 3 rings (SSSR count). The minimum atomic E-state index is 0.121. The molecule has 1 fully saturated rings. The van der Waals surface area contributed by atoms with E-state index in [0.29, 0.717) is 6.04 Å². The molecule has 0 amide bonds. The molecule has 2 aromatic rings. The van der Waals surface area contributed by atoms with Crippen LogP contribution in [0.15, 0.2) is 28.2 Å². The summed E-state index contributed by atoms with van der Waals surface area (Å²) >= 11 is 5.21. The standard InChI is InChI=1S/C15H21BrN4S/c16-11-8-15(21-10-11)14(18-17)9-12-6-7-20(19-12)13-4-2-1-3-5-13/h6-8,10,13-14,18H,1-5,9,17H2. The Kier molecular flexibility index (Phi) is 5.11. The van der Waals surface area contributed by atoms with Gasteiger partial charge in [-0.1, -0.05) is 19.3 Å². The average molecular weight is 369 g/mol. The van der Waals surface area contributed by atoms with Crippen LogP contribution in [0.3, 0.4) is 0 Å². The number of hydrogen-bond donors (Lipinski definition) is 2. The van der Waals surface area contributed by atoms with Crippen LogP contribution in [0.1, 0.15) is 54.8 Å². The summed E-state index contributed by atoms with van der Waals surface area (Å²) in [6, 6.07) is 4.96. The molecule has 2 heterocycles. The zero-order valence-electron chi connectivity index (χ0n) is 12.0. The van der Waals surface area contributed by atoms with Crippen LogP contribution in [0, 0.1) is 0 Å². The molecular formula is C15H21BrN4S. The lowest BCUT2D eigenvalue weighted by atomic mass is 9.96. The molecule has 6 heteroatoms. The third-order valence-electron chi connectivity index (χ3n) is 4.16. The van der Waals surface area contributed by atoms with Gasteiger partial charge in [-0.2, -0.15) is 5.10 Å². The van der Waals surface area contributed by atoms with Crippen LogP contribution < -0.4 is 11.3 Å². The molecular weight excluding hydrogens is 348 g/mol. The minimum Gasteiger partial charge on any atom is -0.271 e. The summed E-state index contributed by atoms with van der Waals surface area (Å²) < 4.78 is 3.27. The quantitative estimate of drug-likeness (QED) is 0.620. The second-order valence-corrected chi connectivity index (χ2v) is 7.53. The Bertz CT molecular complexity index is 574. The highest BCUT2D eigenvalue weighted by Gasteiger charge is 2.18. The topological polar surface area (TPSA) is 55.9 Å². The van der Waals surface area contributed by atoms with E-state index in [4.69, 9.17) is 10.9 Å². The zero-order valence-corrected chi connectivity index (χ0v) is 14.4. The van der Waals surface area contributed by atoms with Gasteiger partial charge in [0.05, 0.1) is 17.8 Å². The Morgan fingerprint density at radius 1 is 1.43 bits per heavy atom. The van der Waals surface area contributed by atoms with Gasteiger partial charge >= 0.3 is 0 Å². The smallest absolute Gasteiger partial charge is 0.0644 e. The third kappa shape index (κ3) is 3.74. The molecule has 2 aromatic heterocycles. The molecule has 0 saturated heterocycles. The fourth-order valence-electron chi connectivity index (χ4n) is 3.00. The van der Waals surface area contributed by atoms with Gasteiger partial charge in [-0.05, 0) is 40.9 Å². The first-order chi connectivity index (χ1) is 10.3. The van der Waals surface area contributed by atoms with Crippen molar-refractivity contribution in [2.24, 2.45) is 5.84 Å². The first kappa shape index (κ1) is 15.2. The van der Waals surface area contributed by atoms with Gasteiger partial charge < -0.3 is 0 Å². The van der Waals surface area contributed by atoms with Crippen LogP contribution in [-0.2, 0) is 6.42 Å². The Hall–Kier alpha value is -0.690. The van der Waals surface area contributed by atoms with Gasteiger partial charge in [0.1, 0.15) is 0 Å². The number of hydrogen-bond acceptors (Lipinski definition) is 4. The molecule has 1 atom stereocenters. The Morgan fingerprint density at radius 2 is 2.24 bits per heavy atom. The van der Waals surface area contributed by atoms with Crippen molar-refractivity contribution in [2.45, 2.75) is 50.6 Å². The van der Waals surface area contributed by atoms with Crippen molar-refractivity contribution in [1.82, 2.24) is 15.2 Å². The van der Waals surface area contributed by atoms with Crippen molar-refractivity contribution in [1.29, 1.82) is 0 Å². The van der Waals surface area contributed by atoms with Crippen LogP contribution in [-0.4, -0.2) is 9.78 Å². The van der Waals surface area contributed by atoms with Crippen LogP contribution in [0.5, 0.6) is 0 Å². The first-order valence-corrected chi connectivity index (χ1v) is 9.17. The molecule has 0 radical (unpaired) electrons. The van der Waals surface area contributed by atoms with Gasteiger partial charge in [0, 0.05) is 27.3 Å². The lowest BCUT2D eigenvalue weighted by Crippen LogP contribution is -2.29. The highest BCUT2D eigenvalue weighted by molar-refractivity contribution is 9.10. The zero-order chi connectivity index (χ0) is 14.7. The number of nitrogens with zero attached hydrogens (tertiary/aromatic N) is 2. The van der Waals surface area contributed by atoms with E-state index in [1.165, 1.54) is 37.0 Å². The van der Waals surface area contributed by atoms with Gasteiger partial charge in [-0.15, -0.1) is 11.3 Å². The highest BCUT2D eigenvalue weighted by atomic mass is 79.9. The summed E-state index contributed by atoms with van der Waals surface area (Å²) in [6.45, 7) is 0. The van der Waals surface area contributed by atoms with E-state index < -0.39 is 0 Å². The lowest BCUT2D eigenvalue weighted by molar-refractivity contribution is 0.327. The molecule has 3 N–H and O–H groups in total. The predicted molar refractivity (Wildman–Crippen MR) is 90.1 cm³/mol. The fraction of sp³-hybridized carbons (Fsp3) is 0.533. The van der Waals surface area contributed by atoms with Gasteiger partial charge in [0.15, 0.2) is 0 Å². The van der Waals surface area contributed by atoms with Crippen LogP contribution >= 0.6 is 27.3 Å². The maximum Gasteiger partial charge on any atom is 0.0644 e. The Balaban J connectivity index is 1.68. The van der Waals surface area contributed by atoms with E-state index in [1.54, 1.807) is 11.3 Å². The number of aromatic nitrogens is 2. The van der Waals surface area contributed by atoms with Crippen molar-refractivity contribution in [3.63, 3.8) is 0 Å². The molecule has 114 valence electrons. The number of nitrogens with two attached hydrogens (primary N) is 1. The average Bonchev–Trinajstić information content (AvgIpc) is 3.15. The molecule has 1 unspecified atom stereocenters. The Labute approximate surface area is 137 Å². The van der Waals surface area contributed by atoms with E-state index in [-0.39, 0.29) is 6.04 Å². The summed E-state index contributed by atoms with van der Waals surface area (Å²) in [6.07, 6.45) is 9.50. The van der Waals surface area contributed by atoms with E-state index >= 15 is 0 Å². The summed E-state index contributed by atoms with van der Waals surface area (Å²) in [5.74, 6) is 5.72. The van der Waals surface area contributed by atoms with Gasteiger partial charge in [0.25, 0.3) is 0 Å². The summed E-state index contributed by atoms with van der Waals surface area (Å²) in [4.78, 5) is 1.23. The van der Waals surface area contributed by atoms with E-state index in [0.717, 1.165) is 16.6 Å². The number of nitrogens with one attached hydrogen (secondary N) is 1. The number of rotatable bonds is 5. The molecule has 0 spiro atoms. The van der Waals surface area contributed by atoms with Crippen LogP contribution in [0.25, 0.3) is 0 Å². The molecule has 21 heavy (non-hydrogen) atoms. The largest absolute Gasteiger partial charge is 0.271 e. The molecule has 1 aliphatic carbocycles. The molecule has 0 bridgehead atoms. The summed E-state index contributed by atoms with van der Waals surface area (Å²) in [5, 5.41) is 6.85. The second-order valence-electron chi connectivity index (χ2n) is 5.67. The van der Waals surface area contributed by atoms with Gasteiger partial charge in [-0.25, -0.2) is 0 Å². The van der Waals surface area contributed by atoms with Crippen molar-refractivity contribution in [2.75, 3.05) is 0 Å². The maximum atomic E-state index is 5.72.